The summed E-state index contributed by atoms with van der Waals surface area (Å²) < 4.78 is 5.54. The summed E-state index contributed by atoms with van der Waals surface area (Å²) in [6.45, 7) is 0.765. The lowest BCUT2D eigenvalue weighted by Crippen LogP contribution is -2.39. The maximum Gasteiger partial charge on any atom is 0.326 e. The molecule has 1 aliphatic rings. The van der Waals surface area contributed by atoms with Crippen LogP contribution < -0.4 is 5.90 Å². The number of hydrogen-bond acceptors (Lipinski definition) is 4. The molecule has 1 rings (SSSR count). The van der Waals surface area contributed by atoms with Gasteiger partial charge in [0.05, 0.1) is 11.6 Å². The maximum absolute atomic E-state index is 10.9. The molecule has 0 spiro atoms. The van der Waals surface area contributed by atoms with Crippen LogP contribution in [-0.2, 0) is 14.4 Å². The van der Waals surface area contributed by atoms with Gasteiger partial charge in [-0.25, -0.2) is 0 Å². The summed E-state index contributed by atoms with van der Waals surface area (Å²) in [5, 5.41) is -0.214. The summed E-state index contributed by atoms with van der Waals surface area (Å²) in [5.41, 5.74) is 0. The van der Waals surface area contributed by atoms with Crippen LogP contribution in [0.2, 0.25) is 0 Å². The van der Waals surface area contributed by atoms with Gasteiger partial charge >= 0.3 is 5.97 Å². The Morgan fingerprint density at radius 2 is 2.42 bits per heavy atom. The second kappa shape index (κ2) is 4.02. The first kappa shape index (κ1) is 9.69. The van der Waals surface area contributed by atoms with Crippen LogP contribution in [0.5, 0.6) is 0 Å². The second-order valence-corrected chi connectivity index (χ2v) is 5.24. The van der Waals surface area contributed by atoms with E-state index in [2.05, 4.69) is 4.84 Å². The highest BCUT2D eigenvalue weighted by molar-refractivity contribution is 6.15. The van der Waals surface area contributed by atoms with Gasteiger partial charge in [-0.15, -0.1) is 0 Å². The van der Waals surface area contributed by atoms with E-state index in [0.717, 1.165) is 36.1 Å². The SMILES string of the molecule is NOC(=O)CC1([SiH3])CCCCO1. The van der Waals surface area contributed by atoms with Crippen LogP contribution in [0.4, 0.5) is 0 Å². The minimum absolute atomic E-state index is 0.214. The van der Waals surface area contributed by atoms with Gasteiger partial charge in [0.15, 0.2) is 0 Å². The topological polar surface area (TPSA) is 61.5 Å². The fourth-order valence-corrected chi connectivity index (χ4v) is 2.32. The van der Waals surface area contributed by atoms with Crippen LogP contribution in [0.25, 0.3) is 0 Å². The number of carbonyl (C=O) groups is 1. The number of hydrogen-bond donors (Lipinski definition) is 1. The third-order valence-electron chi connectivity index (χ3n) is 2.20. The van der Waals surface area contributed by atoms with E-state index in [4.69, 9.17) is 10.6 Å². The van der Waals surface area contributed by atoms with Crippen LogP contribution in [-0.4, -0.2) is 28.0 Å². The van der Waals surface area contributed by atoms with Crippen LogP contribution in [0.3, 0.4) is 0 Å². The molecule has 1 unspecified atom stereocenters. The fraction of sp³-hybridized carbons (Fsp3) is 0.857. The molecule has 70 valence electrons. The van der Waals surface area contributed by atoms with Crippen molar-refractivity contribution in [2.45, 2.75) is 30.9 Å². The second-order valence-electron chi connectivity index (χ2n) is 3.42. The lowest BCUT2D eigenvalue weighted by molar-refractivity contribution is -0.150. The standard InChI is InChI=1S/C7H15NO3Si/c8-11-6(9)5-7(12)3-1-2-4-10-7/h1-5,8H2,12H3. The molecule has 0 radical (unpaired) electrons. The summed E-state index contributed by atoms with van der Waals surface area (Å²) in [6, 6.07) is 0. The molecule has 0 bridgehead atoms. The molecule has 2 N–H and O–H groups in total. The van der Waals surface area contributed by atoms with Gasteiger partial charge in [0.1, 0.15) is 0 Å². The lowest BCUT2D eigenvalue weighted by atomic mass is 10.1. The molecule has 12 heavy (non-hydrogen) atoms. The van der Waals surface area contributed by atoms with Gasteiger partial charge in [-0.1, -0.05) is 0 Å². The van der Waals surface area contributed by atoms with Gasteiger partial charge in [0.2, 0.25) is 0 Å². The van der Waals surface area contributed by atoms with Crippen molar-refractivity contribution in [2.75, 3.05) is 6.61 Å². The molecular weight excluding hydrogens is 174 g/mol. The van der Waals surface area contributed by atoms with Crippen molar-refractivity contribution in [1.82, 2.24) is 0 Å². The number of ether oxygens (including phenoxy) is 1. The highest BCUT2D eigenvalue weighted by atomic mass is 28.1. The van der Waals surface area contributed by atoms with Crippen LogP contribution >= 0.6 is 0 Å². The van der Waals surface area contributed by atoms with E-state index in [9.17, 15) is 4.79 Å². The van der Waals surface area contributed by atoms with Crippen LogP contribution in [0.1, 0.15) is 25.7 Å². The van der Waals surface area contributed by atoms with E-state index in [0.29, 0.717) is 6.42 Å². The summed E-state index contributed by atoms with van der Waals surface area (Å²) >= 11 is 0. The number of rotatable bonds is 2. The molecule has 0 aromatic heterocycles. The Labute approximate surface area is 74.8 Å². The van der Waals surface area contributed by atoms with Gasteiger partial charge < -0.3 is 9.57 Å². The predicted molar refractivity (Wildman–Crippen MR) is 47.4 cm³/mol. The normalized spacial score (nSPS) is 30.1. The van der Waals surface area contributed by atoms with E-state index >= 15 is 0 Å². The van der Waals surface area contributed by atoms with Gasteiger partial charge in [-0.05, 0) is 19.3 Å². The first-order chi connectivity index (χ1) is 5.66. The van der Waals surface area contributed by atoms with Gasteiger partial charge in [-0.3, -0.25) is 4.79 Å². The molecule has 1 aliphatic heterocycles. The molecule has 4 nitrogen and oxygen atoms in total. The molecule has 0 saturated carbocycles. The van der Waals surface area contributed by atoms with Crippen molar-refractivity contribution in [3.8, 4) is 0 Å². The monoisotopic (exact) mass is 189 g/mol. The Balaban J connectivity index is 2.41. The van der Waals surface area contributed by atoms with Crippen molar-refractivity contribution < 1.29 is 14.4 Å². The molecular formula is C7H15NO3Si. The smallest absolute Gasteiger partial charge is 0.326 e. The summed E-state index contributed by atoms with van der Waals surface area (Å²) in [6.07, 6.45) is 3.52. The highest BCUT2D eigenvalue weighted by Gasteiger charge is 2.30. The van der Waals surface area contributed by atoms with Crippen molar-refractivity contribution in [3.63, 3.8) is 0 Å². The number of nitrogens with two attached hydrogens (primary N) is 1. The quantitative estimate of drug-likeness (QED) is 0.450. The van der Waals surface area contributed by atoms with Crippen LogP contribution in [0, 0.1) is 0 Å². The zero-order valence-electron chi connectivity index (χ0n) is 7.34. The Kier molecular flexibility index (Phi) is 3.25. The first-order valence-corrected chi connectivity index (χ1v) is 5.20. The largest absolute Gasteiger partial charge is 0.379 e. The average molecular weight is 189 g/mol. The molecule has 1 saturated heterocycles. The predicted octanol–water partition coefficient (Wildman–Crippen LogP) is -0.944. The Morgan fingerprint density at radius 3 is 2.92 bits per heavy atom. The molecule has 0 aliphatic carbocycles. The summed E-state index contributed by atoms with van der Waals surface area (Å²) in [5.74, 6) is 4.39. The summed E-state index contributed by atoms with van der Waals surface area (Å²) in [7, 11) is 0.854. The Bertz CT molecular complexity index is 168. The summed E-state index contributed by atoms with van der Waals surface area (Å²) in [4.78, 5) is 15.0. The van der Waals surface area contributed by atoms with E-state index < -0.39 is 0 Å². The molecule has 0 aromatic carbocycles. The fourth-order valence-electron chi connectivity index (χ4n) is 1.48. The zero-order valence-corrected chi connectivity index (χ0v) is 9.34. The zero-order chi connectivity index (χ0) is 9.03. The molecule has 1 heterocycles. The van der Waals surface area contributed by atoms with Crippen molar-refractivity contribution >= 4 is 16.2 Å². The molecule has 0 amide bonds. The third-order valence-corrected chi connectivity index (χ3v) is 3.34. The van der Waals surface area contributed by atoms with E-state index in [1.165, 1.54) is 0 Å². The minimum Gasteiger partial charge on any atom is -0.379 e. The minimum atomic E-state index is -0.369. The van der Waals surface area contributed by atoms with Gasteiger partial charge in [-0.2, -0.15) is 5.90 Å². The molecule has 5 heteroatoms. The van der Waals surface area contributed by atoms with Crippen molar-refractivity contribution in [3.05, 3.63) is 0 Å². The Morgan fingerprint density at radius 1 is 1.67 bits per heavy atom. The Hall–Kier alpha value is -0.393. The van der Waals surface area contributed by atoms with E-state index in [1.54, 1.807) is 0 Å². The van der Waals surface area contributed by atoms with E-state index in [-0.39, 0.29) is 11.2 Å². The van der Waals surface area contributed by atoms with Crippen LogP contribution in [0.15, 0.2) is 0 Å². The molecule has 0 aromatic rings. The molecule has 1 atom stereocenters. The lowest BCUT2D eigenvalue weighted by Gasteiger charge is -2.32. The molecule has 1 fully saturated rings. The maximum atomic E-state index is 10.9. The van der Waals surface area contributed by atoms with Gasteiger partial charge in [0, 0.05) is 16.8 Å². The number of carbonyl (C=O) groups excluding carboxylic acids is 1. The highest BCUT2D eigenvalue weighted by Crippen LogP contribution is 2.24. The first-order valence-electron chi connectivity index (χ1n) is 4.20. The van der Waals surface area contributed by atoms with E-state index in [1.807, 2.05) is 0 Å². The third kappa shape index (κ3) is 2.58. The average Bonchev–Trinajstić information content (AvgIpc) is 2.05. The van der Waals surface area contributed by atoms with Crippen molar-refractivity contribution in [2.24, 2.45) is 5.90 Å². The van der Waals surface area contributed by atoms with Gasteiger partial charge in [0.25, 0.3) is 0 Å². The van der Waals surface area contributed by atoms with Crippen molar-refractivity contribution in [1.29, 1.82) is 0 Å².